The second kappa shape index (κ2) is 13.0. The second-order valence-electron chi connectivity index (χ2n) is 11.1. The molecule has 5 rings (SSSR count). The van der Waals surface area contributed by atoms with Gasteiger partial charge in [0.05, 0.1) is 17.3 Å². The zero-order valence-corrected chi connectivity index (χ0v) is 24.3. The molecule has 45 heavy (non-hydrogen) atoms. The van der Waals surface area contributed by atoms with Gasteiger partial charge in [-0.1, -0.05) is 29.8 Å². The molecule has 3 N–H and O–H groups in total. The number of amides is 2. The lowest BCUT2D eigenvalue weighted by Crippen LogP contribution is -2.54. The molecule has 9 nitrogen and oxygen atoms in total. The highest BCUT2D eigenvalue weighted by Crippen LogP contribution is 2.38. The number of carbonyl (C=O) groups excluding carboxylic acids is 2. The van der Waals surface area contributed by atoms with E-state index in [1.54, 1.807) is 6.07 Å². The molecular weight excluding hydrogens is 618 g/mol. The number of alkyl halides is 2. The summed E-state index contributed by atoms with van der Waals surface area (Å²) in [6.07, 6.45) is -3.32. The highest BCUT2D eigenvalue weighted by molar-refractivity contribution is 6.31. The second-order valence-corrected chi connectivity index (χ2v) is 11.5. The predicted molar refractivity (Wildman–Crippen MR) is 155 cm³/mol. The molecule has 1 aliphatic heterocycles. The van der Waals surface area contributed by atoms with E-state index in [1.807, 2.05) is 6.07 Å². The number of nitrogens with one attached hydrogen (secondary N) is 1. The van der Waals surface area contributed by atoms with Crippen LogP contribution in [0, 0.1) is 23.0 Å². The molecule has 14 heteroatoms. The summed E-state index contributed by atoms with van der Waals surface area (Å²) in [5.74, 6) is -6.90. The molecule has 4 unspecified atom stereocenters. The van der Waals surface area contributed by atoms with Crippen molar-refractivity contribution >= 4 is 34.9 Å². The maximum absolute atomic E-state index is 14.7. The molecule has 1 aliphatic carbocycles. The van der Waals surface area contributed by atoms with Crippen molar-refractivity contribution in [1.82, 2.24) is 10.3 Å². The van der Waals surface area contributed by atoms with Crippen LogP contribution in [-0.4, -0.2) is 57.3 Å². The number of nitrogens with zero attached hydrogens (tertiary/aromatic N) is 4. The summed E-state index contributed by atoms with van der Waals surface area (Å²) in [7, 11) is 0. The van der Waals surface area contributed by atoms with Crippen LogP contribution in [0.25, 0.3) is 0 Å². The standard InChI is InChI=1S/C31H28ClF4N5O4/c32-23-4-2-1-3-22(23)27(28(43)39-20-5-8-31(35,36)9-6-20)40(21-13-18(33)12-19(34)14-21)29(44)24-15-25(42)30(45)41(24)26-11-17(16-37)7-10-38-26/h1-4,7,10-14,20,24-25,27,30,42,45H,5-6,8-9,15H2,(H,39,43). The number of halogens is 5. The maximum atomic E-state index is 14.7. The quantitative estimate of drug-likeness (QED) is 0.320. The third kappa shape index (κ3) is 6.88. The first-order valence-electron chi connectivity index (χ1n) is 14.1. The number of aliphatic hydroxyl groups is 2. The van der Waals surface area contributed by atoms with Gasteiger partial charge in [-0.05, 0) is 43.2 Å². The van der Waals surface area contributed by atoms with E-state index in [4.69, 9.17) is 11.6 Å². The van der Waals surface area contributed by atoms with Gasteiger partial charge in [-0.2, -0.15) is 5.26 Å². The van der Waals surface area contributed by atoms with Crippen molar-refractivity contribution in [3.05, 3.63) is 88.6 Å². The number of hydrogen-bond donors (Lipinski definition) is 3. The van der Waals surface area contributed by atoms with Crippen molar-refractivity contribution in [2.45, 2.75) is 68.5 Å². The number of hydrogen-bond acceptors (Lipinski definition) is 7. The first kappa shape index (κ1) is 32.2. The lowest BCUT2D eigenvalue weighted by Gasteiger charge is -2.37. The highest BCUT2D eigenvalue weighted by Gasteiger charge is 2.48. The molecule has 2 amide bonds. The Morgan fingerprint density at radius 1 is 1.09 bits per heavy atom. The molecule has 2 fully saturated rings. The predicted octanol–water partition coefficient (Wildman–Crippen LogP) is 4.61. The van der Waals surface area contributed by atoms with Crippen molar-refractivity contribution in [2.75, 3.05) is 9.80 Å². The van der Waals surface area contributed by atoms with E-state index >= 15 is 0 Å². The molecule has 0 radical (unpaired) electrons. The molecule has 3 aromatic rings. The SMILES string of the molecule is N#Cc1ccnc(N2C(C(=O)N(c3cc(F)cc(F)c3)C(C(=O)NC3CCC(F)(F)CC3)c3ccccc3Cl)CC(O)C2O)c1. The largest absolute Gasteiger partial charge is 0.388 e. The van der Waals surface area contributed by atoms with Gasteiger partial charge in [0.2, 0.25) is 11.8 Å². The first-order valence-corrected chi connectivity index (χ1v) is 14.5. The molecule has 2 aromatic carbocycles. The fourth-order valence-electron chi connectivity index (χ4n) is 5.78. The molecule has 2 heterocycles. The van der Waals surface area contributed by atoms with E-state index in [0.29, 0.717) is 6.07 Å². The minimum atomic E-state index is -2.88. The molecule has 1 aromatic heterocycles. The number of carbonyl (C=O) groups is 2. The Labute approximate surface area is 260 Å². The van der Waals surface area contributed by atoms with Gasteiger partial charge in [-0.3, -0.25) is 14.5 Å². The fourth-order valence-corrected chi connectivity index (χ4v) is 6.02. The normalized spacial score (nSPS) is 22.0. The summed E-state index contributed by atoms with van der Waals surface area (Å²) >= 11 is 6.51. The monoisotopic (exact) mass is 645 g/mol. The third-order valence-electron chi connectivity index (χ3n) is 7.99. The van der Waals surface area contributed by atoms with Gasteiger partial charge < -0.3 is 20.4 Å². The Hall–Kier alpha value is -4.25. The van der Waals surface area contributed by atoms with Crippen LogP contribution >= 0.6 is 11.6 Å². The first-order chi connectivity index (χ1) is 21.4. The van der Waals surface area contributed by atoms with Gasteiger partial charge in [0.1, 0.15) is 35.6 Å². The van der Waals surface area contributed by atoms with E-state index in [-0.39, 0.29) is 46.9 Å². The van der Waals surface area contributed by atoms with E-state index in [9.17, 15) is 42.6 Å². The van der Waals surface area contributed by atoms with E-state index < -0.39 is 72.7 Å². The number of aliphatic hydroxyl groups excluding tert-OH is 2. The van der Waals surface area contributed by atoms with Gasteiger partial charge in [0.15, 0.2) is 6.23 Å². The van der Waals surface area contributed by atoms with Crippen molar-refractivity contribution < 1.29 is 37.4 Å². The Kier molecular flexibility index (Phi) is 9.29. The molecule has 1 saturated heterocycles. The van der Waals surface area contributed by atoms with Crippen LogP contribution in [0.15, 0.2) is 60.8 Å². The molecule has 236 valence electrons. The van der Waals surface area contributed by atoms with Gasteiger partial charge in [-0.15, -0.1) is 0 Å². The van der Waals surface area contributed by atoms with Crippen LogP contribution in [0.1, 0.15) is 49.3 Å². The van der Waals surface area contributed by atoms with Gasteiger partial charge in [0, 0.05) is 48.2 Å². The van der Waals surface area contributed by atoms with Gasteiger partial charge in [0.25, 0.3) is 5.91 Å². The molecule has 0 spiro atoms. The molecule has 2 aliphatic rings. The Morgan fingerprint density at radius 2 is 1.76 bits per heavy atom. The summed E-state index contributed by atoms with van der Waals surface area (Å²) in [5.41, 5.74) is -0.191. The number of anilines is 2. The van der Waals surface area contributed by atoms with Crippen molar-refractivity contribution in [2.24, 2.45) is 0 Å². The Balaban J connectivity index is 1.63. The molecule has 0 bridgehead atoms. The maximum Gasteiger partial charge on any atom is 0.250 e. The number of rotatable bonds is 7. The van der Waals surface area contributed by atoms with Gasteiger partial charge in [-0.25, -0.2) is 22.5 Å². The average Bonchev–Trinajstić information content (AvgIpc) is 3.30. The fraction of sp³-hybridized carbons (Fsp3) is 0.355. The lowest BCUT2D eigenvalue weighted by molar-refractivity contribution is -0.128. The lowest BCUT2D eigenvalue weighted by atomic mass is 9.91. The summed E-state index contributed by atoms with van der Waals surface area (Å²) in [5, 5.41) is 33.7. The zero-order chi connectivity index (χ0) is 32.5. The molecule has 4 atom stereocenters. The van der Waals surface area contributed by atoms with E-state index in [2.05, 4.69) is 10.3 Å². The summed E-state index contributed by atoms with van der Waals surface area (Å²) in [6, 6.07) is 9.00. The number of pyridine rings is 1. The minimum absolute atomic E-state index is 0.0224. The number of aromatic nitrogens is 1. The van der Waals surface area contributed by atoms with E-state index in [1.165, 1.54) is 36.5 Å². The molecule has 1 saturated carbocycles. The van der Waals surface area contributed by atoms with Gasteiger partial charge >= 0.3 is 0 Å². The molecular formula is C31H28ClF4N5O4. The van der Waals surface area contributed by atoms with Crippen molar-refractivity contribution in [3.63, 3.8) is 0 Å². The number of benzene rings is 2. The minimum Gasteiger partial charge on any atom is -0.388 e. The smallest absolute Gasteiger partial charge is 0.250 e. The van der Waals surface area contributed by atoms with Crippen LogP contribution in [-0.2, 0) is 9.59 Å². The average molecular weight is 646 g/mol. The topological polar surface area (TPSA) is 130 Å². The summed E-state index contributed by atoms with van der Waals surface area (Å²) < 4.78 is 57.0. The summed E-state index contributed by atoms with van der Waals surface area (Å²) in [6.45, 7) is 0. The van der Waals surface area contributed by atoms with E-state index in [0.717, 1.165) is 21.9 Å². The van der Waals surface area contributed by atoms with Crippen LogP contribution in [0.5, 0.6) is 0 Å². The zero-order valence-electron chi connectivity index (χ0n) is 23.6. The number of nitriles is 1. The summed E-state index contributed by atoms with van der Waals surface area (Å²) in [4.78, 5) is 34.7. The Morgan fingerprint density at radius 3 is 2.40 bits per heavy atom. The highest BCUT2D eigenvalue weighted by atomic mass is 35.5. The van der Waals surface area contributed by atoms with Crippen molar-refractivity contribution in [1.29, 1.82) is 5.26 Å². The van der Waals surface area contributed by atoms with Crippen LogP contribution in [0.2, 0.25) is 5.02 Å². The van der Waals surface area contributed by atoms with Crippen LogP contribution in [0.3, 0.4) is 0 Å². The van der Waals surface area contributed by atoms with Crippen molar-refractivity contribution in [3.8, 4) is 6.07 Å². The third-order valence-corrected chi connectivity index (χ3v) is 8.33. The Bertz CT molecular complexity index is 1610. The van der Waals surface area contributed by atoms with Crippen LogP contribution in [0.4, 0.5) is 29.1 Å². The van der Waals surface area contributed by atoms with Crippen LogP contribution < -0.4 is 15.1 Å².